The van der Waals surface area contributed by atoms with Crippen LogP contribution in [0.4, 0.5) is 4.39 Å². The van der Waals surface area contributed by atoms with Gasteiger partial charge in [-0.1, -0.05) is 6.92 Å². The molecule has 60 valence electrons. The first-order chi connectivity index (χ1) is 4.55. The van der Waals surface area contributed by atoms with Gasteiger partial charge < -0.3 is 0 Å². The van der Waals surface area contributed by atoms with Crippen molar-refractivity contribution in [2.75, 3.05) is 7.05 Å². The van der Waals surface area contributed by atoms with E-state index in [1.54, 1.807) is 0 Å². The second-order valence-corrected chi connectivity index (χ2v) is 3.55. The van der Waals surface area contributed by atoms with Gasteiger partial charge in [-0.05, 0) is 20.9 Å². The Morgan fingerprint density at radius 1 is 1.40 bits per heavy atom. The average Bonchev–Trinajstić information content (AvgIpc) is 2.40. The van der Waals surface area contributed by atoms with E-state index < -0.39 is 6.17 Å². The highest BCUT2D eigenvalue weighted by Gasteiger charge is 2.50. The molecule has 1 nitrogen and oxygen atoms in total. The number of nitrogens with zero attached hydrogens (tertiary/aromatic N) is 1. The molecule has 1 aliphatic carbocycles. The quantitative estimate of drug-likeness (QED) is 0.571. The van der Waals surface area contributed by atoms with Crippen molar-refractivity contribution in [3.05, 3.63) is 0 Å². The standard InChI is InChI=1S/C8H16FN/c1-5(2)10(4)8-6(3)7(8)9/h5-8H,1-4H3/t6-,7+,8+/m1/s1. The Labute approximate surface area is 62.2 Å². The van der Waals surface area contributed by atoms with E-state index in [2.05, 4.69) is 18.7 Å². The molecule has 2 heteroatoms. The highest BCUT2D eigenvalue weighted by atomic mass is 19.1. The molecule has 3 atom stereocenters. The number of halogens is 1. The number of hydrogen-bond acceptors (Lipinski definition) is 1. The molecule has 0 spiro atoms. The van der Waals surface area contributed by atoms with Crippen LogP contribution in [-0.4, -0.2) is 30.2 Å². The van der Waals surface area contributed by atoms with Crippen molar-refractivity contribution in [2.45, 2.75) is 39.0 Å². The maximum Gasteiger partial charge on any atom is 0.120 e. The zero-order valence-corrected chi connectivity index (χ0v) is 7.13. The van der Waals surface area contributed by atoms with E-state index in [1.165, 1.54) is 0 Å². The van der Waals surface area contributed by atoms with Crippen LogP contribution < -0.4 is 0 Å². The largest absolute Gasteiger partial charge is 0.298 e. The van der Waals surface area contributed by atoms with Gasteiger partial charge in [0.05, 0.1) is 0 Å². The van der Waals surface area contributed by atoms with Crippen LogP contribution in [0, 0.1) is 5.92 Å². The molecule has 0 radical (unpaired) electrons. The predicted octanol–water partition coefficient (Wildman–Crippen LogP) is 1.68. The van der Waals surface area contributed by atoms with E-state index in [0.717, 1.165) is 0 Å². The zero-order chi connectivity index (χ0) is 7.89. The molecule has 0 aromatic rings. The van der Waals surface area contributed by atoms with Crippen molar-refractivity contribution < 1.29 is 4.39 Å². The summed E-state index contributed by atoms with van der Waals surface area (Å²) in [6.45, 7) is 6.16. The molecule has 0 saturated heterocycles. The van der Waals surface area contributed by atoms with E-state index in [0.29, 0.717) is 6.04 Å². The molecule has 0 N–H and O–H groups in total. The van der Waals surface area contributed by atoms with Gasteiger partial charge in [0.15, 0.2) is 0 Å². The van der Waals surface area contributed by atoms with Crippen molar-refractivity contribution in [1.82, 2.24) is 4.90 Å². The lowest BCUT2D eigenvalue weighted by Crippen LogP contribution is -2.30. The van der Waals surface area contributed by atoms with Crippen LogP contribution in [-0.2, 0) is 0 Å². The number of rotatable bonds is 2. The minimum Gasteiger partial charge on any atom is -0.298 e. The Hall–Kier alpha value is -0.110. The van der Waals surface area contributed by atoms with E-state index in [-0.39, 0.29) is 12.0 Å². The van der Waals surface area contributed by atoms with Gasteiger partial charge in [0.25, 0.3) is 0 Å². The first-order valence-corrected chi connectivity index (χ1v) is 3.91. The molecular weight excluding hydrogens is 129 g/mol. The molecule has 0 aliphatic heterocycles. The minimum atomic E-state index is -0.576. The molecule has 10 heavy (non-hydrogen) atoms. The molecule has 0 aromatic carbocycles. The lowest BCUT2D eigenvalue weighted by atomic mass is 10.3. The summed E-state index contributed by atoms with van der Waals surface area (Å²) in [6, 6.07) is 0.660. The number of alkyl halides is 1. The summed E-state index contributed by atoms with van der Waals surface area (Å²) in [7, 11) is 1.99. The maximum absolute atomic E-state index is 12.7. The van der Waals surface area contributed by atoms with Gasteiger partial charge in [0.1, 0.15) is 6.17 Å². The Bertz CT molecular complexity index is 110. The highest BCUT2D eigenvalue weighted by Crippen LogP contribution is 2.38. The van der Waals surface area contributed by atoms with Crippen LogP contribution in [0.1, 0.15) is 20.8 Å². The summed E-state index contributed by atoms with van der Waals surface area (Å²) in [5, 5.41) is 0. The SMILES string of the molecule is CC(C)N(C)[C@H]1[C@H](C)[C@@H]1F. The Morgan fingerprint density at radius 2 is 1.80 bits per heavy atom. The molecule has 0 amide bonds. The fourth-order valence-corrected chi connectivity index (χ4v) is 1.33. The van der Waals surface area contributed by atoms with Gasteiger partial charge >= 0.3 is 0 Å². The molecule has 1 rings (SSSR count). The average molecular weight is 145 g/mol. The third kappa shape index (κ3) is 1.17. The van der Waals surface area contributed by atoms with Gasteiger partial charge in [0.2, 0.25) is 0 Å². The van der Waals surface area contributed by atoms with Gasteiger partial charge in [-0.25, -0.2) is 4.39 Å². The fraction of sp³-hybridized carbons (Fsp3) is 1.00. The Balaban J connectivity index is 2.38. The summed E-state index contributed by atoms with van der Waals surface area (Å²) >= 11 is 0. The van der Waals surface area contributed by atoms with Crippen molar-refractivity contribution >= 4 is 0 Å². The molecule has 1 saturated carbocycles. The van der Waals surface area contributed by atoms with Gasteiger partial charge in [-0.2, -0.15) is 0 Å². The van der Waals surface area contributed by atoms with E-state index in [4.69, 9.17) is 0 Å². The Kier molecular flexibility index (Phi) is 1.99. The fourth-order valence-electron chi connectivity index (χ4n) is 1.33. The van der Waals surface area contributed by atoms with Crippen molar-refractivity contribution in [1.29, 1.82) is 0 Å². The van der Waals surface area contributed by atoms with E-state index in [9.17, 15) is 4.39 Å². The van der Waals surface area contributed by atoms with Crippen LogP contribution in [0.15, 0.2) is 0 Å². The van der Waals surface area contributed by atoms with Crippen LogP contribution in [0.2, 0.25) is 0 Å². The third-order valence-electron chi connectivity index (χ3n) is 2.51. The molecular formula is C8H16FN. The lowest BCUT2D eigenvalue weighted by molar-refractivity contribution is 0.234. The summed E-state index contributed by atoms with van der Waals surface area (Å²) in [5.74, 6) is 0.257. The van der Waals surface area contributed by atoms with Crippen LogP contribution in [0.3, 0.4) is 0 Å². The normalized spacial score (nSPS) is 39.3. The first-order valence-electron chi connectivity index (χ1n) is 3.91. The van der Waals surface area contributed by atoms with Crippen LogP contribution in [0.5, 0.6) is 0 Å². The highest BCUT2D eigenvalue weighted by molar-refractivity contribution is 5.02. The van der Waals surface area contributed by atoms with E-state index >= 15 is 0 Å². The molecule has 0 heterocycles. The van der Waals surface area contributed by atoms with Gasteiger partial charge in [-0.3, -0.25) is 4.90 Å². The summed E-state index contributed by atoms with van der Waals surface area (Å²) in [5.41, 5.74) is 0. The monoisotopic (exact) mass is 145 g/mol. The molecule has 0 aromatic heterocycles. The predicted molar refractivity (Wildman–Crippen MR) is 40.7 cm³/mol. The smallest absolute Gasteiger partial charge is 0.120 e. The summed E-state index contributed by atoms with van der Waals surface area (Å²) in [4.78, 5) is 2.11. The molecule has 0 unspecified atom stereocenters. The number of hydrogen-bond donors (Lipinski definition) is 0. The van der Waals surface area contributed by atoms with E-state index in [1.807, 2.05) is 14.0 Å². The van der Waals surface area contributed by atoms with Gasteiger partial charge in [-0.15, -0.1) is 0 Å². The summed E-state index contributed by atoms with van der Waals surface area (Å²) in [6.07, 6.45) is -0.576. The van der Waals surface area contributed by atoms with Crippen molar-refractivity contribution in [3.8, 4) is 0 Å². The zero-order valence-electron chi connectivity index (χ0n) is 7.13. The van der Waals surface area contributed by atoms with Crippen molar-refractivity contribution in [2.24, 2.45) is 5.92 Å². The first kappa shape index (κ1) is 7.99. The minimum absolute atomic E-state index is 0.194. The lowest BCUT2D eigenvalue weighted by Gasteiger charge is -2.20. The third-order valence-corrected chi connectivity index (χ3v) is 2.51. The maximum atomic E-state index is 12.7. The summed E-state index contributed by atoms with van der Waals surface area (Å²) < 4.78 is 12.7. The Morgan fingerprint density at radius 3 is 1.90 bits per heavy atom. The topological polar surface area (TPSA) is 3.24 Å². The van der Waals surface area contributed by atoms with Crippen LogP contribution in [0.25, 0.3) is 0 Å². The van der Waals surface area contributed by atoms with Crippen LogP contribution >= 0.6 is 0 Å². The molecule has 0 bridgehead atoms. The molecule has 1 aliphatic rings. The second kappa shape index (κ2) is 2.50. The molecule has 1 fully saturated rings. The van der Waals surface area contributed by atoms with Gasteiger partial charge in [0, 0.05) is 18.0 Å². The van der Waals surface area contributed by atoms with Crippen molar-refractivity contribution in [3.63, 3.8) is 0 Å². The second-order valence-electron chi connectivity index (χ2n) is 3.55.